The van der Waals surface area contributed by atoms with Crippen molar-refractivity contribution in [2.75, 3.05) is 6.54 Å². The third-order valence-corrected chi connectivity index (χ3v) is 4.61. The number of amides is 1. The van der Waals surface area contributed by atoms with Gasteiger partial charge >= 0.3 is 5.97 Å². The van der Waals surface area contributed by atoms with Crippen LogP contribution in [-0.4, -0.2) is 41.2 Å². The van der Waals surface area contributed by atoms with Crippen LogP contribution in [0.4, 0.5) is 5.69 Å². The van der Waals surface area contributed by atoms with Gasteiger partial charge in [0.05, 0.1) is 22.6 Å². The Balaban J connectivity index is 2.52. The Bertz CT molecular complexity index is 797. The fraction of sp³-hybridized carbons (Fsp3) is 0.0909. The number of rotatable bonds is 4. The molecule has 0 aliphatic carbocycles. The minimum atomic E-state index is -4.32. The molecular weight excluding hydrogens is 304 g/mol. The van der Waals surface area contributed by atoms with E-state index in [1.54, 1.807) is 0 Å². The van der Waals surface area contributed by atoms with E-state index in [9.17, 15) is 28.1 Å². The predicted octanol–water partition coefficient (Wildman–Crippen LogP) is 0.380. The highest BCUT2D eigenvalue weighted by atomic mass is 32.2. The van der Waals surface area contributed by atoms with E-state index in [1.807, 2.05) is 0 Å². The molecule has 0 unspecified atom stereocenters. The van der Waals surface area contributed by atoms with Gasteiger partial charge in [-0.05, 0) is 6.07 Å². The van der Waals surface area contributed by atoms with Gasteiger partial charge in [0.1, 0.15) is 4.90 Å². The van der Waals surface area contributed by atoms with Gasteiger partial charge in [-0.25, -0.2) is 17.5 Å². The molecule has 1 aliphatic heterocycles. The number of carboxylic acid groups (broad SMARTS) is 1. The van der Waals surface area contributed by atoms with Crippen LogP contribution >= 0.6 is 0 Å². The minimum Gasteiger partial charge on any atom is -0.478 e. The van der Waals surface area contributed by atoms with Crippen molar-refractivity contribution >= 4 is 27.6 Å². The third-order valence-electron chi connectivity index (χ3n) is 2.84. The molecule has 2 rings (SSSR count). The number of nitro groups is 1. The molecule has 10 heteroatoms. The molecule has 0 spiro atoms. The fourth-order valence-corrected chi connectivity index (χ4v) is 3.36. The zero-order valence-corrected chi connectivity index (χ0v) is 11.2. The second-order valence-corrected chi connectivity index (χ2v) is 5.99. The summed E-state index contributed by atoms with van der Waals surface area (Å²) in [7, 11) is -4.32. The SMILES string of the molecule is C=C(CN1C(=O)c2ccc([N+](=O)[O-])cc2S1(=O)=O)C(=O)O. The predicted molar refractivity (Wildman–Crippen MR) is 68.1 cm³/mol. The molecule has 0 radical (unpaired) electrons. The second-order valence-electron chi connectivity index (χ2n) is 4.16. The lowest BCUT2D eigenvalue weighted by Crippen LogP contribution is -2.33. The van der Waals surface area contributed by atoms with Crippen molar-refractivity contribution in [2.45, 2.75) is 4.90 Å². The summed E-state index contributed by atoms with van der Waals surface area (Å²) < 4.78 is 24.7. The first-order chi connectivity index (χ1) is 9.66. The standard InChI is InChI=1S/C11H8N2O7S/c1-6(11(15)16)5-12-10(14)8-3-2-7(13(17)18)4-9(8)21(12,19)20/h2-4H,1,5H2,(H,15,16). The third kappa shape index (κ3) is 2.25. The first-order valence-electron chi connectivity index (χ1n) is 5.43. The lowest BCUT2D eigenvalue weighted by Gasteiger charge is -2.14. The van der Waals surface area contributed by atoms with Crippen LogP contribution in [-0.2, 0) is 14.8 Å². The Morgan fingerprint density at radius 1 is 1.43 bits per heavy atom. The molecule has 1 aliphatic rings. The number of nitro benzene ring substituents is 1. The number of fused-ring (bicyclic) bond motifs is 1. The molecule has 1 aromatic carbocycles. The van der Waals surface area contributed by atoms with Crippen LogP contribution in [0.25, 0.3) is 0 Å². The minimum absolute atomic E-state index is 0.237. The number of sulfonamides is 1. The molecule has 110 valence electrons. The van der Waals surface area contributed by atoms with Crippen molar-refractivity contribution in [3.63, 3.8) is 0 Å². The van der Waals surface area contributed by atoms with E-state index < -0.39 is 49.5 Å². The van der Waals surface area contributed by atoms with Gasteiger partial charge in [-0.3, -0.25) is 14.9 Å². The summed E-state index contributed by atoms with van der Waals surface area (Å²) in [5, 5.41) is 19.4. The van der Waals surface area contributed by atoms with Gasteiger partial charge in [0, 0.05) is 12.1 Å². The number of benzene rings is 1. The maximum atomic E-state index is 12.2. The number of carbonyl (C=O) groups excluding carboxylic acids is 1. The summed E-state index contributed by atoms with van der Waals surface area (Å²) in [5.41, 5.74) is -1.21. The number of nitrogens with zero attached hydrogens (tertiary/aromatic N) is 2. The van der Waals surface area contributed by atoms with Crippen molar-refractivity contribution in [3.05, 3.63) is 46.0 Å². The van der Waals surface area contributed by atoms with Crippen molar-refractivity contribution in [1.29, 1.82) is 0 Å². The highest BCUT2D eigenvalue weighted by molar-refractivity contribution is 7.90. The molecule has 1 heterocycles. The van der Waals surface area contributed by atoms with Crippen LogP contribution in [0.2, 0.25) is 0 Å². The zero-order valence-electron chi connectivity index (χ0n) is 10.3. The van der Waals surface area contributed by atoms with Crippen LogP contribution in [0, 0.1) is 10.1 Å². The summed E-state index contributed by atoms with van der Waals surface area (Å²) in [6.45, 7) is 2.44. The van der Waals surface area contributed by atoms with Crippen LogP contribution in [0.3, 0.4) is 0 Å². The largest absolute Gasteiger partial charge is 0.478 e. The van der Waals surface area contributed by atoms with Crippen molar-refractivity contribution in [1.82, 2.24) is 4.31 Å². The summed E-state index contributed by atoms with van der Waals surface area (Å²) in [5.74, 6) is -2.39. The van der Waals surface area contributed by atoms with Crippen molar-refractivity contribution < 1.29 is 28.0 Å². The highest BCUT2D eigenvalue weighted by Crippen LogP contribution is 2.33. The number of aliphatic carboxylic acids is 1. The van der Waals surface area contributed by atoms with E-state index >= 15 is 0 Å². The average molecular weight is 312 g/mol. The number of hydrogen-bond acceptors (Lipinski definition) is 6. The van der Waals surface area contributed by atoms with Crippen LogP contribution in [0.5, 0.6) is 0 Å². The fourth-order valence-electron chi connectivity index (χ4n) is 1.77. The molecule has 0 saturated carbocycles. The number of non-ortho nitro benzene ring substituents is 1. The van der Waals surface area contributed by atoms with Crippen LogP contribution in [0.1, 0.15) is 10.4 Å². The topological polar surface area (TPSA) is 135 Å². The molecule has 1 N–H and O–H groups in total. The molecule has 0 fully saturated rings. The Labute approximate surface area is 118 Å². The molecule has 1 amide bonds. The molecular formula is C11H8N2O7S. The van der Waals surface area contributed by atoms with E-state index in [1.165, 1.54) is 0 Å². The number of carbonyl (C=O) groups is 2. The first kappa shape index (κ1) is 14.7. The van der Waals surface area contributed by atoms with Crippen molar-refractivity contribution in [2.24, 2.45) is 0 Å². The summed E-state index contributed by atoms with van der Waals surface area (Å²) in [4.78, 5) is 32.0. The van der Waals surface area contributed by atoms with Gasteiger partial charge in [0.2, 0.25) is 0 Å². The molecule has 0 bridgehead atoms. The maximum absolute atomic E-state index is 12.2. The Kier molecular flexibility index (Phi) is 3.26. The average Bonchev–Trinajstić information content (AvgIpc) is 2.59. The van der Waals surface area contributed by atoms with E-state index in [2.05, 4.69) is 6.58 Å². The van der Waals surface area contributed by atoms with Gasteiger partial charge < -0.3 is 5.11 Å². The molecule has 21 heavy (non-hydrogen) atoms. The maximum Gasteiger partial charge on any atom is 0.332 e. The quantitative estimate of drug-likeness (QED) is 0.482. The van der Waals surface area contributed by atoms with Gasteiger partial charge in [-0.2, -0.15) is 0 Å². The Morgan fingerprint density at radius 2 is 2.05 bits per heavy atom. The first-order valence-corrected chi connectivity index (χ1v) is 6.87. The summed E-state index contributed by atoms with van der Waals surface area (Å²) in [6.07, 6.45) is 0. The zero-order chi connectivity index (χ0) is 15.9. The second kappa shape index (κ2) is 4.66. The van der Waals surface area contributed by atoms with Gasteiger partial charge in [-0.1, -0.05) is 6.58 Å². The summed E-state index contributed by atoms with van der Waals surface area (Å²) >= 11 is 0. The molecule has 1 aromatic rings. The van der Waals surface area contributed by atoms with Crippen LogP contribution < -0.4 is 0 Å². The van der Waals surface area contributed by atoms with Crippen molar-refractivity contribution in [3.8, 4) is 0 Å². The smallest absolute Gasteiger partial charge is 0.332 e. The van der Waals surface area contributed by atoms with E-state index in [0.29, 0.717) is 4.31 Å². The molecule has 0 atom stereocenters. The van der Waals surface area contributed by atoms with Gasteiger partial charge in [0.25, 0.3) is 21.6 Å². The van der Waals surface area contributed by atoms with E-state index in [0.717, 1.165) is 18.2 Å². The van der Waals surface area contributed by atoms with E-state index in [-0.39, 0.29) is 5.56 Å². The summed E-state index contributed by atoms with van der Waals surface area (Å²) in [6, 6.07) is 2.80. The molecule has 9 nitrogen and oxygen atoms in total. The monoisotopic (exact) mass is 312 g/mol. The van der Waals surface area contributed by atoms with E-state index in [4.69, 9.17) is 5.11 Å². The Hall–Kier alpha value is -2.75. The van der Waals surface area contributed by atoms with Crippen LogP contribution in [0.15, 0.2) is 35.2 Å². The van der Waals surface area contributed by atoms with Gasteiger partial charge in [-0.15, -0.1) is 0 Å². The number of hydrogen-bond donors (Lipinski definition) is 1. The van der Waals surface area contributed by atoms with Gasteiger partial charge in [0.15, 0.2) is 0 Å². The highest BCUT2D eigenvalue weighted by Gasteiger charge is 2.42. The lowest BCUT2D eigenvalue weighted by molar-refractivity contribution is -0.385. The lowest BCUT2D eigenvalue weighted by atomic mass is 10.2. The number of carboxylic acids is 1. The Morgan fingerprint density at radius 3 is 2.57 bits per heavy atom. The molecule has 0 saturated heterocycles. The molecule has 0 aromatic heterocycles. The normalized spacial score (nSPS) is 15.6.